The van der Waals surface area contributed by atoms with Crippen molar-refractivity contribution in [3.05, 3.63) is 23.8 Å². The second kappa shape index (κ2) is 7.71. The average Bonchev–Trinajstić information content (AvgIpc) is 2.38. The van der Waals surface area contributed by atoms with Crippen molar-refractivity contribution in [1.29, 1.82) is 0 Å². The summed E-state index contributed by atoms with van der Waals surface area (Å²) in [7, 11) is 1.83. The van der Waals surface area contributed by atoms with Crippen molar-refractivity contribution < 1.29 is 14.3 Å². The molecular weight excluding hydrogens is 230 g/mol. The van der Waals surface area contributed by atoms with E-state index in [4.69, 9.17) is 9.47 Å². The lowest BCUT2D eigenvalue weighted by Crippen LogP contribution is -2.13. The summed E-state index contributed by atoms with van der Waals surface area (Å²) < 4.78 is 10.9. The van der Waals surface area contributed by atoms with Gasteiger partial charge in [-0.1, -0.05) is 0 Å². The van der Waals surface area contributed by atoms with Crippen LogP contribution in [0.1, 0.15) is 30.6 Å². The molecule has 0 radical (unpaired) electrons. The number of carbonyl (C=O) groups is 1. The first-order valence-corrected chi connectivity index (χ1v) is 6.30. The Morgan fingerprint density at radius 3 is 2.44 bits per heavy atom. The Labute approximate surface area is 108 Å². The number of ether oxygens (including phenoxy) is 2. The molecule has 1 aromatic rings. The van der Waals surface area contributed by atoms with Crippen molar-refractivity contribution in [3.8, 4) is 11.5 Å². The average molecular weight is 251 g/mol. The van der Waals surface area contributed by atoms with Gasteiger partial charge in [-0.3, -0.25) is 4.79 Å². The highest BCUT2D eigenvalue weighted by Gasteiger charge is 2.10. The Bertz CT molecular complexity index is 391. The molecule has 0 aromatic heterocycles. The normalized spacial score (nSPS) is 10.2. The Morgan fingerprint density at radius 1 is 1.17 bits per heavy atom. The summed E-state index contributed by atoms with van der Waals surface area (Å²) in [5.41, 5.74) is 0.664. The molecule has 4 nitrogen and oxygen atoms in total. The Hall–Kier alpha value is -1.55. The van der Waals surface area contributed by atoms with Crippen LogP contribution in [0.25, 0.3) is 0 Å². The predicted octanol–water partition coefficient (Wildman–Crippen LogP) is 2.28. The zero-order chi connectivity index (χ0) is 13.4. The summed E-state index contributed by atoms with van der Waals surface area (Å²) in [5, 5.41) is 2.96. The van der Waals surface area contributed by atoms with Crippen molar-refractivity contribution in [2.24, 2.45) is 0 Å². The molecule has 0 aliphatic heterocycles. The summed E-state index contributed by atoms with van der Waals surface area (Å²) in [5.74, 6) is 1.42. The molecule has 0 unspecified atom stereocenters. The van der Waals surface area contributed by atoms with Crippen molar-refractivity contribution in [2.45, 2.75) is 20.3 Å². The minimum atomic E-state index is 0.105. The van der Waals surface area contributed by atoms with Gasteiger partial charge in [0.15, 0.2) is 17.3 Å². The van der Waals surface area contributed by atoms with Gasteiger partial charge < -0.3 is 14.8 Å². The molecule has 4 heteroatoms. The van der Waals surface area contributed by atoms with Gasteiger partial charge in [0.1, 0.15) is 0 Å². The first-order chi connectivity index (χ1) is 8.72. The first-order valence-electron chi connectivity index (χ1n) is 6.30. The van der Waals surface area contributed by atoms with Gasteiger partial charge in [-0.2, -0.15) is 0 Å². The minimum absolute atomic E-state index is 0.105. The topological polar surface area (TPSA) is 47.6 Å². The van der Waals surface area contributed by atoms with Crippen LogP contribution in [0.15, 0.2) is 18.2 Å². The number of hydrogen-bond acceptors (Lipinski definition) is 4. The van der Waals surface area contributed by atoms with E-state index < -0.39 is 0 Å². The quantitative estimate of drug-likeness (QED) is 0.720. The molecule has 0 atom stereocenters. The van der Waals surface area contributed by atoms with E-state index in [1.54, 1.807) is 18.2 Å². The van der Waals surface area contributed by atoms with E-state index in [-0.39, 0.29) is 5.78 Å². The Kier molecular flexibility index (Phi) is 6.22. The predicted molar refractivity (Wildman–Crippen MR) is 71.7 cm³/mol. The van der Waals surface area contributed by atoms with E-state index in [9.17, 15) is 4.79 Å². The van der Waals surface area contributed by atoms with Crippen LogP contribution < -0.4 is 14.8 Å². The third kappa shape index (κ3) is 4.04. The zero-order valence-electron chi connectivity index (χ0n) is 11.3. The van der Waals surface area contributed by atoms with E-state index in [0.29, 0.717) is 43.2 Å². The molecule has 0 saturated carbocycles. The third-order valence-electron chi connectivity index (χ3n) is 2.47. The van der Waals surface area contributed by atoms with Gasteiger partial charge in [-0.15, -0.1) is 0 Å². The lowest BCUT2D eigenvalue weighted by atomic mass is 10.1. The monoisotopic (exact) mass is 251 g/mol. The van der Waals surface area contributed by atoms with Gasteiger partial charge in [0.25, 0.3) is 0 Å². The molecule has 1 rings (SSSR count). The number of rotatable bonds is 8. The lowest BCUT2D eigenvalue weighted by Gasteiger charge is -2.12. The fourth-order valence-corrected chi connectivity index (χ4v) is 1.61. The largest absolute Gasteiger partial charge is 0.490 e. The molecule has 0 fully saturated rings. The molecule has 1 aromatic carbocycles. The van der Waals surface area contributed by atoms with Crippen LogP contribution in [0, 0.1) is 0 Å². The van der Waals surface area contributed by atoms with Crippen molar-refractivity contribution in [2.75, 3.05) is 26.8 Å². The number of carbonyl (C=O) groups excluding carboxylic acids is 1. The van der Waals surface area contributed by atoms with Crippen molar-refractivity contribution in [1.82, 2.24) is 5.32 Å². The van der Waals surface area contributed by atoms with Crippen LogP contribution in [0.4, 0.5) is 0 Å². The molecule has 0 spiro atoms. The van der Waals surface area contributed by atoms with Crippen LogP contribution in [0.2, 0.25) is 0 Å². The Morgan fingerprint density at radius 2 is 1.83 bits per heavy atom. The van der Waals surface area contributed by atoms with E-state index in [1.165, 1.54) is 0 Å². The van der Waals surface area contributed by atoms with Crippen molar-refractivity contribution in [3.63, 3.8) is 0 Å². The molecular formula is C14H21NO3. The van der Waals surface area contributed by atoms with E-state index in [0.717, 1.165) is 0 Å². The van der Waals surface area contributed by atoms with Crippen LogP contribution in [-0.4, -0.2) is 32.6 Å². The molecule has 100 valence electrons. The summed E-state index contributed by atoms with van der Waals surface area (Å²) in [4.78, 5) is 11.9. The number of nitrogens with one attached hydrogen (secondary N) is 1. The maximum atomic E-state index is 11.9. The molecule has 1 N–H and O–H groups in total. The van der Waals surface area contributed by atoms with Crippen LogP contribution in [0.3, 0.4) is 0 Å². The van der Waals surface area contributed by atoms with Gasteiger partial charge in [0.2, 0.25) is 0 Å². The third-order valence-corrected chi connectivity index (χ3v) is 2.47. The second-order valence-electron chi connectivity index (χ2n) is 3.80. The molecule has 0 heterocycles. The highest BCUT2D eigenvalue weighted by Crippen LogP contribution is 2.28. The molecule has 0 aliphatic rings. The fourth-order valence-electron chi connectivity index (χ4n) is 1.61. The number of ketones is 1. The van der Waals surface area contributed by atoms with Gasteiger partial charge >= 0.3 is 0 Å². The van der Waals surface area contributed by atoms with Gasteiger partial charge in [0, 0.05) is 18.5 Å². The smallest absolute Gasteiger partial charge is 0.164 e. The number of hydrogen-bond donors (Lipinski definition) is 1. The number of benzene rings is 1. The maximum Gasteiger partial charge on any atom is 0.164 e. The van der Waals surface area contributed by atoms with Crippen LogP contribution in [-0.2, 0) is 0 Å². The Balaban J connectivity index is 2.87. The summed E-state index contributed by atoms with van der Waals surface area (Å²) in [6, 6.07) is 5.33. The molecule has 0 saturated heterocycles. The van der Waals surface area contributed by atoms with Gasteiger partial charge in [0.05, 0.1) is 13.2 Å². The van der Waals surface area contributed by atoms with E-state index in [2.05, 4.69) is 5.32 Å². The lowest BCUT2D eigenvalue weighted by molar-refractivity contribution is 0.0982. The molecule has 0 amide bonds. The first kappa shape index (κ1) is 14.5. The highest BCUT2D eigenvalue weighted by atomic mass is 16.5. The summed E-state index contributed by atoms with van der Waals surface area (Å²) in [6.07, 6.45) is 0.482. The highest BCUT2D eigenvalue weighted by molar-refractivity contribution is 5.96. The van der Waals surface area contributed by atoms with E-state index >= 15 is 0 Å². The van der Waals surface area contributed by atoms with E-state index in [1.807, 2.05) is 20.9 Å². The minimum Gasteiger partial charge on any atom is -0.490 e. The second-order valence-corrected chi connectivity index (χ2v) is 3.80. The molecule has 18 heavy (non-hydrogen) atoms. The number of Topliss-reactive ketones (excluding diaryl/α,β-unsaturated/α-hetero) is 1. The van der Waals surface area contributed by atoms with Crippen molar-refractivity contribution >= 4 is 5.78 Å². The zero-order valence-corrected chi connectivity index (χ0v) is 11.3. The van der Waals surface area contributed by atoms with Crippen LogP contribution >= 0.6 is 0 Å². The summed E-state index contributed by atoms with van der Waals surface area (Å²) >= 11 is 0. The van der Waals surface area contributed by atoms with Crippen LogP contribution in [0.5, 0.6) is 11.5 Å². The maximum absolute atomic E-state index is 11.9. The fraction of sp³-hybridized carbons (Fsp3) is 0.500. The summed E-state index contributed by atoms with van der Waals surface area (Å²) in [6.45, 7) is 5.63. The van der Waals surface area contributed by atoms with Gasteiger partial charge in [-0.25, -0.2) is 0 Å². The van der Waals surface area contributed by atoms with Gasteiger partial charge in [-0.05, 0) is 39.1 Å². The standard InChI is InChI=1S/C14H21NO3/c1-4-17-13-7-6-11(10-14(13)18-5-2)12(16)8-9-15-3/h6-7,10,15H,4-5,8-9H2,1-3H3. The molecule has 0 aliphatic carbocycles. The SMILES string of the molecule is CCOc1ccc(C(=O)CCNC)cc1OCC. The molecule has 0 bridgehead atoms.